The number of aromatic nitrogens is 2. The Morgan fingerprint density at radius 2 is 2.03 bits per heavy atom. The van der Waals surface area contributed by atoms with E-state index >= 15 is 0 Å². The van der Waals surface area contributed by atoms with Gasteiger partial charge in [-0.25, -0.2) is 0 Å². The molecule has 6 nitrogen and oxygen atoms in total. The van der Waals surface area contributed by atoms with Crippen molar-refractivity contribution in [3.05, 3.63) is 45.7 Å². The second kappa shape index (κ2) is 11.5. The summed E-state index contributed by atoms with van der Waals surface area (Å²) >= 11 is 5.98. The highest BCUT2D eigenvalue weighted by atomic mass is 127. The number of nitrogens with zero attached hydrogens (tertiary/aromatic N) is 3. The van der Waals surface area contributed by atoms with Crippen LogP contribution < -0.4 is 15.4 Å². The number of rotatable bonds is 7. The molecule has 29 heavy (non-hydrogen) atoms. The van der Waals surface area contributed by atoms with Gasteiger partial charge in [0, 0.05) is 43.0 Å². The topological polar surface area (TPSA) is 63.5 Å². The minimum atomic E-state index is -2.90. The predicted molar refractivity (Wildman–Crippen MR) is 123 cm³/mol. The van der Waals surface area contributed by atoms with Crippen LogP contribution in [0.15, 0.2) is 23.2 Å². The highest BCUT2D eigenvalue weighted by Crippen LogP contribution is 2.24. The average molecular weight is 542 g/mol. The highest BCUT2D eigenvalue weighted by Gasteiger charge is 2.15. The molecule has 1 aromatic carbocycles. The Labute approximate surface area is 192 Å². The van der Waals surface area contributed by atoms with Gasteiger partial charge in [-0.05, 0) is 51.0 Å². The quantitative estimate of drug-likeness (QED) is 0.313. The molecule has 2 aromatic rings. The third-order valence-electron chi connectivity index (χ3n) is 4.46. The molecule has 2 rings (SSSR count). The first-order chi connectivity index (χ1) is 13.2. The largest absolute Gasteiger partial charge is 0.434 e. The summed E-state index contributed by atoms with van der Waals surface area (Å²) in [6.07, 6.45) is 0.781. The van der Waals surface area contributed by atoms with Gasteiger partial charge in [0.1, 0.15) is 5.75 Å². The number of ether oxygens (including phenoxy) is 1. The Hall–Kier alpha value is -1.62. The summed E-state index contributed by atoms with van der Waals surface area (Å²) in [5.41, 5.74) is 3.84. The first-order valence-corrected chi connectivity index (χ1v) is 9.28. The molecule has 0 radical (unpaired) electrons. The molecule has 0 aliphatic carbocycles. The molecule has 1 aromatic heterocycles. The van der Waals surface area contributed by atoms with E-state index in [1.807, 2.05) is 32.5 Å². The summed E-state index contributed by atoms with van der Waals surface area (Å²) in [6, 6.07) is 4.61. The molecular weight excluding hydrogens is 515 g/mol. The molecule has 0 saturated carbocycles. The summed E-state index contributed by atoms with van der Waals surface area (Å²) in [7, 11) is 3.58. The number of nitrogens with one attached hydrogen (secondary N) is 2. The fraction of sp³-hybridized carbons (Fsp3) is 0.474. The minimum absolute atomic E-state index is 0. The van der Waals surface area contributed by atoms with Crippen molar-refractivity contribution in [3.63, 3.8) is 0 Å². The van der Waals surface area contributed by atoms with Gasteiger partial charge in [0.25, 0.3) is 0 Å². The molecule has 1 unspecified atom stereocenters. The van der Waals surface area contributed by atoms with E-state index in [0.717, 1.165) is 17.8 Å². The Kier molecular flexibility index (Phi) is 10.1. The molecule has 10 heteroatoms. The Morgan fingerprint density at radius 3 is 2.59 bits per heavy atom. The van der Waals surface area contributed by atoms with Crippen LogP contribution in [-0.4, -0.2) is 35.4 Å². The lowest BCUT2D eigenvalue weighted by Gasteiger charge is -2.19. The molecule has 162 valence electrons. The summed E-state index contributed by atoms with van der Waals surface area (Å²) in [4.78, 5) is 4.20. The number of hydrogen-bond donors (Lipinski definition) is 2. The van der Waals surface area contributed by atoms with Crippen LogP contribution >= 0.6 is 35.6 Å². The van der Waals surface area contributed by atoms with Crippen molar-refractivity contribution in [2.75, 3.05) is 7.05 Å². The normalized spacial score (nSPS) is 12.5. The third-order valence-corrected chi connectivity index (χ3v) is 4.70. The van der Waals surface area contributed by atoms with Crippen LogP contribution in [0.3, 0.4) is 0 Å². The van der Waals surface area contributed by atoms with E-state index in [1.54, 1.807) is 13.1 Å². The van der Waals surface area contributed by atoms with Crippen molar-refractivity contribution in [1.29, 1.82) is 0 Å². The van der Waals surface area contributed by atoms with E-state index in [-0.39, 0.29) is 42.3 Å². The molecule has 0 bridgehead atoms. The number of halogens is 4. The zero-order valence-corrected chi connectivity index (χ0v) is 20.2. The van der Waals surface area contributed by atoms with Gasteiger partial charge >= 0.3 is 6.61 Å². The maximum atomic E-state index is 12.6. The van der Waals surface area contributed by atoms with Crippen molar-refractivity contribution in [2.24, 2.45) is 12.0 Å². The van der Waals surface area contributed by atoms with E-state index in [4.69, 9.17) is 11.6 Å². The van der Waals surface area contributed by atoms with Crippen molar-refractivity contribution in [1.82, 2.24) is 20.4 Å². The second-order valence-corrected chi connectivity index (χ2v) is 7.02. The minimum Gasteiger partial charge on any atom is -0.434 e. The number of hydrogen-bond acceptors (Lipinski definition) is 3. The number of alkyl halides is 2. The zero-order chi connectivity index (χ0) is 20.8. The highest BCUT2D eigenvalue weighted by molar-refractivity contribution is 14.0. The van der Waals surface area contributed by atoms with E-state index in [1.165, 1.54) is 17.7 Å². The lowest BCUT2D eigenvalue weighted by atomic mass is 10.1. The van der Waals surface area contributed by atoms with Gasteiger partial charge < -0.3 is 15.4 Å². The standard InChI is InChI=1S/C19H26ClF2N5O.HI/c1-11(8-16-12(2)26-27(5)13(16)3)25-19(23-4)24-10-14-9-15(20)6-7-17(14)28-18(21)22;/h6-7,9,11,18H,8,10H2,1-5H3,(H2,23,24,25);1H. The van der Waals surface area contributed by atoms with Crippen LogP contribution in [0.2, 0.25) is 5.02 Å². The fourth-order valence-corrected chi connectivity index (χ4v) is 3.17. The van der Waals surface area contributed by atoms with E-state index in [9.17, 15) is 8.78 Å². The monoisotopic (exact) mass is 541 g/mol. The summed E-state index contributed by atoms with van der Waals surface area (Å²) < 4.78 is 31.6. The van der Waals surface area contributed by atoms with Crippen LogP contribution in [0.4, 0.5) is 8.78 Å². The van der Waals surface area contributed by atoms with Crippen molar-refractivity contribution >= 4 is 41.5 Å². The molecule has 0 aliphatic heterocycles. The number of aliphatic imine (C=N–C) groups is 1. The van der Waals surface area contributed by atoms with Gasteiger partial charge in [0.05, 0.1) is 5.69 Å². The molecule has 0 amide bonds. The van der Waals surface area contributed by atoms with Crippen molar-refractivity contribution in [3.8, 4) is 5.75 Å². The molecule has 2 N–H and O–H groups in total. The Morgan fingerprint density at radius 1 is 1.34 bits per heavy atom. The summed E-state index contributed by atoms with van der Waals surface area (Å²) in [5.74, 6) is 0.631. The third kappa shape index (κ3) is 7.29. The van der Waals surface area contributed by atoms with Gasteiger partial charge in [0.2, 0.25) is 0 Å². The van der Waals surface area contributed by atoms with Crippen molar-refractivity contribution < 1.29 is 13.5 Å². The Bertz CT molecular complexity index is 844. The van der Waals surface area contributed by atoms with Crippen LogP contribution in [-0.2, 0) is 20.0 Å². The fourth-order valence-electron chi connectivity index (χ4n) is 2.97. The Balaban J connectivity index is 0.00000420. The van der Waals surface area contributed by atoms with E-state index < -0.39 is 6.61 Å². The summed E-state index contributed by atoms with van der Waals surface area (Å²) in [5, 5.41) is 11.3. The molecule has 0 spiro atoms. The van der Waals surface area contributed by atoms with E-state index in [2.05, 4.69) is 25.5 Å². The van der Waals surface area contributed by atoms with Crippen molar-refractivity contribution in [2.45, 2.75) is 46.4 Å². The summed E-state index contributed by atoms with van der Waals surface area (Å²) in [6.45, 7) is 3.41. The zero-order valence-electron chi connectivity index (χ0n) is 17.1. The molecule has 1 atom stereocenters. The van der Waals surface area contributed by atoms with Gasteiger partial charge in [0.15, 0.2) is 5.96 Å². The van der Waals surface area contributed by atoms with Crippen LogP contribution in [0.25, 0.3) is 0 Å². The number of benzene rings is 1. The lowest BCUT2D eigenvalue weighted by molar-refractivity contribution is -0.0504. The van der Waals surface area contributed by atoms with E-state index in [0.29, 0.717) is 16.5 Å². The second-order valence-electron chi connectivity index (χ2n) is 6.58. The maximum absolute atomic E-state index is 12.6. The van der Waals surface area contributed by atoms with Gasteiger partial charge in [-0.2, -0.15) is 13.9 Å². The molecule has 1 heterocycles. The molecule has 0 aliphatic rings. The number of aryl methyl sites for hydroxylation is 2. The first-order valence-electron chi connectivity index (χ1n) is 8.90. The molecule has 0 saturated heterocycles. The average Bonchev–Trinajstić information content (AvgIpc) is 2.86. The van der Waals surface area contributed by atoms with Gasteiger partial charge in [-0.1, -0.05) is 11.6 Å². The van der Waals surface area contributed by atoms with Crippen LogP contribution in [0.5, 0.6) is 5.75 Å². The first kappa shape index (κ1) is 25.4. The lowest BCUT2D eigenvalue weighted by Crippen LogP contribution is -2.42. The van der Waals surface area contributed by atoms with Gasteiger partial charge in [-0.15, -0.1) is 24.0 Å². The maximum Gasteiger partial charge on any atom is 0.387 e. The van der Waals surface area contributed by atoms with Gasteiger partial charge in [-0.3, -0.25) is 9.67 Å². The molecular formula is C19H27ClF2IN5O. The van der Waals surface area contributed by atoms with Crippen LogP contribution in [0, 0.1) is 13.8 Å². The predicted octanol–water partition coefficient (Wildman–Crippen LogP) is 4.21. The number of guanidine groups is 1. The molecule has 0 fully saturated rings. The SMILES string of the molecule is CN=C(NCc1cc(Cl)ccc1OC(F)F)NC(C)Cc1c(C)nn(C)c1C.I. The van der Waals surface area contributed by atoms with Crippen LogP contribution in [0.1, 0.15) is 29.4 Å². The smallest absolute Gasteiger partial charge is 0.387 e.